The third kappa shape index (κ3) is 11.8. The number of pyridine rings is 1. The molecule has 4 heterocycles. The number of aromatic nitrogens is 8. The summed E-state index contributed by atoms with van der Waals surface area (Å²) in [6, 6.07) is 26.2. The maximum atomic E-state index is 13.0. The number of halogens is 12. The molecule has 0 bridgehead atoms. The van der Waals surface area contributed by atoms with Gasteiger partial charge in [0.2, 0.25) is 0 Å². The van der Waals surface area contributed by atoms with Crippen molar-refractivity contribution in [2.75, 3.05) is 0 Å². The fourth-order valence-electron chi connectivity index (χ4n) is 6.09. The first kappa shape index (κ1) is 50.4. The number of hydrogen-bond acceptors (Lipinski definition) is 3. The van der Waals surface area contributed by atoms with Crippen LogP contribution in [0.15, 0.2) is 116 Å². The molecule has 0 amide bonds. The van der Waals surface area contributed by atoms with E-state index in [0.717, 1.165) is 66.4 Å². The summed E-state index contributed by atoms with van der Waals surface area (Å²) in [5.74, 6) is 0. The van der Waals surface area contributed by atoms with Crippen LogP contribution in [-0.2, 0) is 44.8 Å². The zero-order chi connectivity index (χ0) is 47.5. The summed E-state index contributed by atoms with van der Waals surface area (Å²) in [6.07, 6.45) is -9.13. The van der Waals surface area contributed by atoms with E-state index in [4.69, 9.17) is 0 Å². The van der Waals surface area contributed by atoms with Crippen molar-refractivity contribution in [3.63, 3.8) is 0 Å². The van der Waals surface area contributed by atoms with Gasteiger partial charge in [-0.25, -0.2) is 0 Å². The molecule has 8 aromatic rings. The molecule has 0 N–H and O–H groups in total. The Labute approximate surface area is 382 Å². The number of hydrogen-bond donors (Lipinski definition) is 0. The van der Waals surface area contributed by atoms with Crippen LogP contribution in [0, 0.1) is 52.5 Å². The largest absolute Gasteiger partial charge is 0.415 e. The molecular weight excluding hydrogens is 1070 g/mol. The molecule has 8 nitrogen and oxygen atoms in total. The van der Waals surface area contributed by atoms with Gasteiger partial charge in [0.05, 0.1) is 39.6 Å². The molecule has 0 aliphatic rings. The first-order valence-electron chi connectivity index (χ1n) is 18.8. The van der Waals surface area contributed by atoms with Gasteiger partial charge in [0.25, 0.3) is 12.7 Å². The minimum Gasteiger partial charge on any atom is -0.358 e. The number of imidazole rings is 2. The van der Waals surface area contributed by atoms with E-state index >= 15 is 0 Å². The predicted molar refractivity (Wildman–Crippen MR) is 207 cm³/mol. The van der Waals surface area contributed by atoms with Crippen molar-refractivity contribution in [2.45, 2.75) is 52.4 Å². The van der Waals surface area contributed by atoms with Gasteiger partial charge in [-0.3, -0.25) is 19.3 Å². The molecule has 66 heavy (non-hydrogen) atoms. The van der Waals surface area contributed by atoms with Gasteiger partial charge in [-0.2, -0.15) is 89.1 Å². The van der Waals surface area contributed by atoms with Gasteiger partial charge in [-0.15, -0.1) is 12.1 Å². The zero-order valence-electron chi connectivity index (χ0n) is 34.4. The standard InChI is InChI=1S/2C19H13F6N2.C7H5N4.Ir/c2*1-12-13(2)27(17-8-4-6-15(10-17)19(23,24)25)11-26(12)16-7-3-5-14(9-16)18(20,21)22;1-2-4-8-6(3-1)7-5-9-11-10-7;/h2*3-7,9-10H,1-2H3;1-5H;/q3*-1;. The Hall–Kier alpha value is -6.60. The van der Waals surface area contributed by atoms with E-state index in [1.54, 1.807) is 40.1 Å². The van der Waals surface area contributed by atoms with Crippen molar-refractivity contribution in [3.8, 4) is 34.1 Å². The number of rotatable bonds is 5. The molecule has 1 radical (unpaired) electrons. The summed E-state index contributed by atoms with van der Waals surface area (Å²) in [6.45, 7) is 6.58. The molecule has 0 atom stereocenters. The molecular formula is C45H31F12IrN8-3. The van der Waals surface area contributed by atoms with Crippen LogP contribution >= 0.6 is 0 Å². The smallest absolute Gasteiger partial charge is 0.358 e. The van der Waals surface area contributed by atoms with Crippen LogP contribution in [0.4, 0.5) is 52.7 Å². The van der Waals surface area contributed by atoms with Crippen LogP contribution in [0.1, 0.15) is 45.0 Å². The van der Waals surface area contributed by atoms with Crippen LogP contribution < -0.4 is 14.2 Å². The molecule has 347 valence electrons. The first-order chi connectivity index (χ1) is 30.4. The monoisotopic (exact) mass is 1100 g/mol. The average molecular weight is 1100 g/mol. The van der Waals surface area contributed by atoms with Crippen molar-refractivity contribution in [2.24, 2.45) is 0 Å². The molecule has 0 fully saturated rings. The summed E-state index contributed by atoms with van der Waals surface area (Å²) in [5.41, 5.74) is 0.920. The summed E-state index contributed by atoms with van der Waals surface area (Å²) in [4.78, 5) is 4.08. The Bertz CT molecular complexity index is 2560. The van der Waals surface area contributed by atoms with Gasteiger partial charge in [0.1, 0.15) is 0 Å². The summed E-state index contributed by atoms with van der Waals surface area (Å²) < 4.78 is 161. The maximum absolute atomic E-state index is 13.0. The second-order valence-electron chi connectivity index (χ2n) is 13.9. The molecule has 0 saturated carbocycles. The van der Waals surface area contributed by atoms with Crippen LogP contribution in [0.25, 0.3) is 34.1 Å². The Balaban J connectivity index is 0.000000199. The molecule has 0 spiro atoms. The van der Waals surface area contributed by atoms with Gasteiger partial charge < -0.3 is 19.3 Å². The maximum Gasteiger partial charge on any atom is 0.415 e. The topological polar surface area (TPSA) is 70.4 Å². The third-order valence-electron chi connectivity index (χ3n) is 9.67. The van der Waals surface area contributed by atoms with Crippen molar-refractivity contribution in [3.05, 3.63) is 185 Å². The minimum atomic E-state index is -4.52. The van der Waals surface area contributed by atoms with E-state index in [0.29, 0.717) is 28.5 Å². The van der Waals surface area contributed by atoms with Crippen LogP contribution in [-0.4, -0.2) is 24.4 Å². The summed E-state index contributed by atoms with van der Waals surface area (Å²) in [5, 5.41) is 10.8. The molecule has 0 saturated heterocycles. The SMILES string of the molecule is Cc1c(C)[n+](-c2cccc(C(F)(F)F)c2)[c-]n1-c1[c-]ccc(C(F)(F)F)c1.Cc1c(C)[n+](-c2cccc(C(F)(F)F)c2)[c-]n1-c1[c-]ccc(C(F)(F)F)c1.[Ir].c1ccc(-c2cnn[n-]2)nc1. The number of benzene rings is 4. The van der Waals surface area contributed by atoms with Gasteiger partial charge in [0, 0.05) is 37.7 Å². The van der Waals surface area contributed by atoms with Crippen LogP contribution in [0.5, 0.6) is 0 Å². The van der Waals surface area contributed by atoms with Crippen molar-refractivity contribution in [1.29, 1.82) is 0 Å². The summed E-state index contributed by atoms with van der Waals surface area (Å²) in [7, 11) is 0. The van der Waals surface area contributed by atoms with E-state index in [9.17, 15) is 52.7 Å². The quantitative estimate of drug-likeness (QED) is 0.0978. The van der Waals surface area contributed by atoms with E-state index in [1.807, 2.05) is 18.2 Å². The second-order valence-corrected chi connectivity index (χ2v) is 13.9. The zero-order valence-corrected chi connectivity index (χ0v) is 36.8. The third-order valence-corrected chi connectivity index (χ3v) is 9.67. The average Bonchev–Trinajstić information content (AvgIpc) is 3.99. The van der Waals surface area contributed by atoms with Crippen molar-refractivity contribution in [1.82, 2.24) is 29.5 Å². The Morgan fingerprint density at radius 3 is 1.32 bits per heavy atom. The van der Waals surface area contributed by atoms with Crippen molar-refractivity contribution >= 4 is 0 Å². The minimum absolute atomic E-state index is 0. The van der Waals surface area contributed by atoms with E-state index in [2.05, 4.69) is 45.2 Å². The molecule has 21 heteroatoms. The van der Waals surface area contributed by atoms with E-state index in [-0.39, 0.29) is 42.9 Å². The van der Waals surface area contributed by atoms with Crippen molar-refractivity contribution < 1.29 is 81.9 Å². The molecule has 4 aromatic carbocycles. The Morgan fingerprint density at radius 2 is 0.955 bits per heavy atom. The molecule has 0 aliphatic carbocycles. The van der Waals surface area contributed by atoms with Gasteiger partial charge >= 0.3 is 24.7 Å². The fourth-order valence-corrected chi connectivity index (χ4v) is 6.09. The molecule has 4 aromatic heterocycles. The van der Waals surface area contributed by atoms with E-state index < -0.39 is 47.0 Å². The van der Waals surface area contributed by atoms with Crippen LogP contribution in [0.2, 0.25) is 0 Å². The fraction of sp³-hybridized carbons (Fsp3) is 0.178. The molecule has 0 unspecified atom stereocenters. The Morgan fingerprint density at radius 1 is 0.530 bits per heavy atom. The van der Waals surface area contributed by atoms with Crippen LogP contribution in [0.3, 0.4) is 0 Å². The second kappa shape index (κ2) is 19.9. The molecule has 0 aliphatic heterocycles. The predicted octanol–water partition coefficient (Wildman–Crippen LogP) is 10.5. The molecule has 8 rings (SSSR count). The van der Waals surface area contributed by atoms with Gasteiger partial charge in [-0.05, 0) is 81.2 Å². The number of alkyl halides is 12. The normalized spacial score (nSPS) is 11.8. The van der Waals surface area contributed by atoms with Gasteiger partial charge in [0.15, 0.2) is 0 Å². The first-order valence-corrected chi connectivity index (χ1v) is 18.8. The van der Waals surface area contributed by atoms with Gasteiger partial charge in [-0.1, -0.05) is 47.7 Å². The Kier molecular flexibility index (Phi) is 15.2. The summed E-state index contributed by atoms with van der Waals surface area (Å²) >= 11 is 0. The number of nitrogens with zero attached hydrogens (tertiary/aromatic N) is 8. The van der Waals surface area contributed by atoms with E-state index in [1.165, 1.54) is 42.5 Å².